The van der Waals surface area contributed by atoms with Crippen molar-refractivity contribution < 1.29 is 19.1 Å². The standard InChI is InChI=1S/C39H46N8O5/c1-2-46-33-8-4-3-7-27(33)28-23-26(10-12-34(28)46)38-43-32-24-30-31(25-35(32)47(38)18-6-17-45-16-5-9-37(45)49)42-29(39(50)44-30)11-13-36(48)41-15-20-52-22-21-51-19-14-40/h3-4,7-8,10,12,23-25H,2,5-6,9,11,13-22,40H2,1H3,(H,41,48)(H,44,50). The molecule has 0 atom stereocenters. The number of hydrogen-bond donors (Lipinski definition) is 3. The first-order valence-electron chi connectivity index (χ1n) is 18.3. The third-order valence-corrected chi connectivity index (χ3v) is 9.75. The lowest BCUT2D eigenvalue weighted by Gasteiger charge is -2.16. The average Bonchev–Trinajstić information content (AvgIpc) is 3.83. The molecule has 2 amide bonds. The minimum Gasteiger partial charge on any atom is -0.378 e. The van der Waals surface area contributed by atoms with Crippen molar-refractivity contribution in [3.8, 4) is 11.4 Å². The summed E-state index contributed by atoms with van der Waals surface area (Å²) in [7, 11) is 0. The number of carbonyl (C=O) groups is 2. The summed E-state index contributed by atoms with van der Waals surface area (Å²) >= 11 is 0. The van der Waals surface area contributed by atoms with Crippen molar-refractivity contribution in [3.63, 3.8) is 0 Å². The summed E-state index contributed by atoms with van der Waals surface area (Å²) in [6.45, 7) is 7.72. The Kier molecular flexibility index (Phi) is 10.9. The quantitative estimate of drug-likeness (QED) is 0.119. The summed E-state index contributed by atoms with van der Waals surface area (Å²) in [4.78, 5) is 52.8. The minimum atomic E-state index is -0.326. The van der Waals surface area contributed by atoms with Gasteiger partial charge in [-0.15, -0.1) is 0 Å². The number of likely N-dealkylation sites (tertiary alicyclic amines) is 1. The molecule has 7 rings (SSSR count). The molecular formula is C39H46N8O5. The van der Waals surface area contributed by atoms with Gasteiger partial charge in [-0.05, 0) is 56.2 Å². The molecule has 0 bridgehead atoms. The lowest BCUT2D eigenvalue weighted by atomic mass is 10.1. The maximum absolute atomic E-state index is 13.1. The molecule has 13 nitrogen and oxygen atoms in total. The SMILES string of the molecule is CCn1c2ccccc2c2cc(-c3nc4cc5[nH]c(=O)c(CCC(=O)NCCOCCOCCN)nc5cc4n3CCCN3CCCC3=O)ccc21. The molecule has 0 unspecified atom stereocenters. The molecule has 6 aromatic rings. The normalized spacial score (nSPS) is 13.4. The number of aryl methyl sites for hydroxylation is 3. The van der Waals surface area contributed by atoms with Gasteiger partial charge in [-0.2, -0.15) is 0 Å². The highest BCUT2D eigenvalue weighted by molar-refractivity contribution is 6.09. The predicted octanol–water partition coefficient (Wildman–Crippen LogP) is 4.12. The highest BCUT2D eigenvalue weighted by Gasteiger charge is 2.21. The number of para-hydroxylation sites is 1. The van der Waals surface area contributed by atoms with Gasteiger partial charge < -0.3 is 39.5 Å². The van der Waals surface area contributed by atoms with E-state index in [4.69, 9.17) is 25.2 Å². The van der Waals surface area contributed by atoms with Crippen LogP contribution in [0.15, 0.2) is 59.4 Å². The van der Waals surface area contributed by atoms with Crippen LogP contribution in [0.2, 0.25) is 0 Å². The number of carbonyl (C=O) groups excluding carboxylic acids is 2. The molecule has 3 aromatic heterocycles. The molecule has 4 heterocycles. The number of nitrogens with zero attached hydrogens (tertiary/aromatic N) is 5. The van der Waals surface area contributed by atoms with Gasteiger partial charge in [0.25, 0.3) is 5.56 Å². The van der Waals surface area contributed by atoms with Crippen LogP contribution in [-0.2, 0) is 38.6 Å². The lowest BCUT2D eigenvalue weighted by Crippen LogP contribution is -2.28. The number of fused-ring (bicyclic) bond motifs is 5. The van der Waals surface area contributed by atoms with E-state index in [2.05, 4.69) is 68.8 Å². The van der Waals surface area contributed by atoms with Gasteiger partial charge in [-0.25, -0.2) is 9.97 Å². The molecule has 1 aliphatic rings. The van der Waals surface area contributed by atoms with E-state index in [1.807, 2.05) is 17.0 Å². The van der Waals surface area contributed by atoms with Crippen LogP contribution >= 0.6 is 0 Å². The van der Waals surface area contributed by atoms with E-state index < -0.39 is 0 Å². The van der Waals surface area contributed by atoms with Crippen LogP contribution in [0.4, 0.5) is 0 Å². The van der Waals surface area contributed by atoms with Crippen molar-refractivity contribution in [3.05, 3.63) is 70.6 Å². The average molecular weight is 707 g/mol. The lowest BCUT2D eigenvalue weighted by molar-refractivity contribution is -0.127. The molecule has 13 heteroatoms. The third-order valence-electron chi connectivity index (χ3n) is 9.75. The molecule has 0 saturated carbocycles. The summed E-state index contributed by atoms with van der Waals surface area (Å²) in [5.74, 6) is 0.851. The van der Waals surface area contributed by atoms with Gasteiger partial charge in [0.2, 0.25) is 11.8 Å². The van der Waals surface area contributed by atoms with Gasteiger partial charge >= 0.3 is 0 Å². The molecule has 0 aliphatic carbocycles. The zero-order valence-corrected chi connectivity index (χ0v) is 29.7. The summed E-state index contributed by atoms with van der Waals surface area (Å²) in [6, 6.07) is 18.8. The molecule has 1 saturated heterocycles. The molecule has 272 valence electrons. The Morgan fingerprint density at radius 3 is 2.54 bits per heavy atom. The summed E-state index contributed by atoms with van der Waals surface area (Å²) < 4.78 is 15.3. The van der Waals surface area contributed by atoms with Crippen LogP contribution in [0, 0.1) is 0 Å². The van der Waals surface area contributed by atoms with E-state index in [1.54, 1.807) is 0 Å². The van der Waals surface area contributed by atoms with Gasteiger partial charge in [0.15, 0.2) is 0 Å². The molecular weight excluding hydrogens is 660 g/mol. The van der Waals surface area contributed by atoms with E-state index in [-0.39, 0.29) is 30.2 Å². The van der Waals surface area contributed by atoms with Gasteiger partial charge in [0.05, 0.1) is 48.5 Å². The van der Waals surface area contributed by atoms with E-state index in [1.165, 1.54) is 21.8 Å². The van der Waals surface area contributed by atoms with Gasteiger partial charge in [0, 0.05) is 85.9 Å². The minimum absolute atomic E-state index is 0.123. The van der Waals surface area contributed by atoms with Crippen LogP contribution in [0.3, 0.4) is 0 Å². The number of aromatic amines is 1. The van der Waals surface area contributed by atoms with Crippen LogP contribution in [0.25, 0.3) is 55.3 Å². The Morgan fingerprint density at radius 1 is 0.904 bits per heavy atom. The van der Waals surface area contributed by atoms with Crippen molar-refractivity contribution in [1.82, 2.24) is 34.3 Å². The first-order valence-corrected chi connectivity index (χ1v) is 18.3. The Morgan fingerprint density at radius 2 is 1.73 bits per heavy atom. The molecule has 1 aliphatic heterocycles. The highest BCUT2D eigenvalue weighted by atomic mass is 16.5. The maximum atomic E-state index is 13.1. The number of hydrogen-bond acceptors (Lipinski definition) is 8. The Balaban J connectivity index is 1.16. The molecule has 1 fully saturated rings. The van der Waals surface area contributed by atoms with Gasteiger partial charge in [-0.3, -0.25) is 14.4 Å². The Bertz CT molecular complexity index is 2290. The van der Waals surface area contributed by atoms with Crippen molar-refractivity contribution in [2.75, 3.05) is 52.6 Å². The first-order chi connectivity index (χ1) is 25.4. The number of imidazole rings is 1. The fourth-order valence-corrected chi connectivity index (χ4v) is 7.24. The summed E-state index contributed by atoms with van der Waals surface area (Å²) in [6.07, 6.45) is 2.61. The fourth-order valence-electron chi connectivity index (χ4n) is 7.24. The van der Waals surface area contributed by atoms with Crippen LogP contribution < -0.4 is 16.6 Å². The summed E-state index contributed by atoms with van der Waals surface area (Å²) in [5, 5.41) is 5.19. The van der Waals surface area contributed by atoms with Crippen LogP contribution in [-0.4, -0.2) is 93.4 Å². The molecule has 0 radical (unpaired) electrons. The third kappa shape index (κ3) is 7.43. The second-order valence-electron chi connectivity index (χ2n) is 13.2. The number of ether oxygens (including phenoxy) is 2. The number of benzene rings is 3. The first kappa shape index (κ1) is 35.3. The van der Waals surface area contributed by atoms with E-state index in [0.29, 0.717) is 75.8 Å². The summed E-state index contributed by atoms with van der Waals surface area (Å²) in [5.41, 5.74) is 11.6. The largest absolute Gasteiger partial charge is 0.378 e. The second kappa shape index (κ2) is 16.1. The molecule has 4 N–H and O–H groups in total. The highest BCUT2D eigenvalue weighted by Crippen LogP contribution is 2.34. The number of H-pyrrole nitrogens is 1. The van der Waals surface area contributed by atoms with Crippen LogP contribution in [0.5, 0.6) is 0 Å². The van der Waals surface area contributed by atoms with Crippen molar-refractivity contribution >= 4 is 55.7 Å². The van der Waals surface area contributed by atoms with Crippen molar-refractivity contribution in [1.29, 1.82) is 0 Å². The maximum Gasteiger partial charge on any atom is 0.270 e. The topological polar surface area (TPSA) is 162 Å². The van der Waals surface area contributed by atoms with E-state index >= 15 is 0 Å². The molecule has 52 heavy (non-hydrogen) atoms. The number of nitrogens with two attached hydrogens (primary N) is 1. The predicted molar refractivity (Wildman–Crippen MR) is 202 cm³/mol. The fraction of sp³-hybridized carbons (Fsp3) is 0.410. The Labute approximate surface area is 301 Å². The monoisotopic (exact) mass is 706 g/mol. The molecule has 3 aromatic carbocycles. The van der Waals surface area contributed by atoms with Crippen molar-refractivity contribution in [2.45, 2.75) is 52.1 Å². The van der Waals surface area contributed by atoms with Gasteiger partial charge in [0.1, 0.15) is 11.5 Å². The second-order valence-corrected chi connectivity index (χ2v) is 13.2. The van der Waals surface area contributed by atoms with E-state index in [0.717, 1.165) is 48.4 Å². The number of amides is 2. The number of nitrogens with one attached hydrogen (secondary N) is 2. The zero-order valence-electron chi connectivity index (χ0n) is 29.7. The van der Waals surface area contributed by atoms with E-state index in [9.17, 15) is 14.4 Å². The van der Waals surface area contributed by atoms with Crippen LogP contribution in [0.1, 0.15) is 38.3 Å². The number of aromatic nitrogens is 5. The molecule has 0 spiro atoms. The Hall–Kier alpha value is -5.11. The van der Waals surface area contributed by atoms with Crippen molar-refractivity contribution in [2.24, 2.45) is 5.73 Å². The zero-order chi connectivity index (χ0) is 36.0. The number of rotatable bonds is 17. The smallest absolute Gasteiger partial charge is 0.270 e. The van der Waals surface area contributed by atoms with Gasteiger partial charge in [-0.1, -0.05) is 18.2 Å².